The molecule has 0 saturated heterocycles. The van der Waals surface area contributed by atoms with E-state index in [1.807, 2.05) is 0 Å². The Kier molecular flexibility index (Phi) is 8.55. The Balaban J connectivity index is 1.12. The summed E-state index contributed by atoms with van der Waals surface area (Å²) >= 11 is 0. The third kappa shape index (κ3) is 5.72. The van der Waals surface area contributed by atoms with Gasteiger partial charge in [-0.2, -0.15) is 0 Å². The fourth-order valence-electron chi connectivity index (χ4n) is 15.1. The normalized spacial score (nSPS) is 27.0. The minimum Gasteiger partial charge on any atom is -0.309 e. The first-order valence-corrected chi connectivity index (χ1v) is 24.7. The maximum atomic E-state index is 2.71. The summed E-state index contributed by atoms with van der Waals surface area (Å²) in [7, 11) is 0. The first-order chi connectivity index (χ1) is 30.2. The van der Waals surface area contributed by atoms with Crippen LogP contribution in [-0.4, -0.2) is 0 Å². The summed E-state index contributed by atoms with van der Waals surface area (Å²) in [4.78, 5) is 2.71. The fourth-order valence-corrected chi connectivity index (χ4v) is 15.1. The molecule has 320 valence electrons. The molecule has 1 heteroatoms. The zero-order chi connectivity index (χ0) is 43.3. The van der Waals surface area contributed by atoms with Crippen LogP contribution in [0.3, 0.4) is 0 Å². The second kappa shape index (κ2) is 13.6. The van der Waals surface area contributed by atoms with Gasteiger partial charge < -0.3 is 4.90 Å². The van der Waals surface area contributed by atoms with Crippen molar-refractivity contribution in [2.45, 2.75) is 140 Å². The highest BCUT2D eigenvalue weighted by molar-refractivity contribution is 6.00. The van der Waals surface area contributed by atoms with Gasteiger partial charge in [-0.25, -0.2) is 0 Å². The third-order valence-corrected chi connectivity index (χ3v) is 18.4. The van der Waals surface area contributed by atoms with Gasteiger partial charge in [0.15, 0.2) is 0 Å². The van der Waals surface area contributed by atoms with Crippen molar-refractivity contribution < 1.29 is 0 Å². The number of hydrogen-bond donors (Lipinski definition) is 0. The molecule has 4 bridgehead atoms. The standard InChI is InChI=1S/C62H67N/c1-58(2)28-30-60(5,6)52-37-41(24-26-49(52)58)45-16-10-13-21-54(45)63(55-22-14-11-17-46(55)42-25-27-50-53(38-42)61(7,8)31-29-59(50,3)4)56-23-15-20-51-57(56)47-18-9-12-19-48(47)62(51)43-33-39-32-40(35-43)36-44(62)34-39/h9-27,37-40,43-44H,28-36H2,1-8H3. The molecule has 0 amide bonds. The molecule has 7 aliphatic carbocycles. The van der Waals surface area contributed by atoms with E-state index in [2.05, 4.69) is 188 Å². The van der Waals surface area contributed by atoms with Crippen LogP contribution in [0.25, 0.3) is 33.4 Å². The third-order valence-electron chi connectivity index (χ3n) is 18.4. The summed E-state index contributed by atoms with van der Waals surface area (Å²) in [6, 6.07) is 50.8. The molecule has 0 aliphatic heterocycles. The molecular formula is C62H67N. The van der Waals surface area contributed by atoms with Gasteiger partial charge in [0.25, 0.3) is 0 Å². The predicted molar refractivity (Wildman–Crippen MR) is 266 cm³/mol. The van der Waals surface area contributed by atoms with Crippen molar-refractivity contribution in [1.29, 1.82) is 0 Å². The van der Waals surface area contributed by atoms with E-state index < -0.39 is 0 Å². The van der Waals surface area contributed by atoms with Crippen LogP contribution >= 0.6 is 0 Å². The highest BCUT2D eigenvalue weighted by atomic mass is 15.2. The van der Waals surface area contributed by atoms with Gasteiger partial charge in [-0.05, 0) is 171 Å². The van der Waals surface area contributed by atoms with Crippen molar-refractivity contribution >= 4 is 17.1 Å². The summed E-state index contributed by atoms with van der Waals surface area (Å²) in [5, 5.41) is 0. The van der Waals surface area contributed by atoms with Crippen molar-refractivity contribution in [3.05, 3.63) is 161 Å². The van der Waals surface area contributed by atoms with Gasteiger partial charge in [0.1, 0.15) is 0 Å². The van der Waals surface area contributed by atoms with E-state index in [0.29, 0.717) is 11.8 Å². The van der Waals surface area contributed by atoms with Crippen molar-refractivity contribution in [3.63, 3.8) is 0 Å². The van der Waals surface area contributed by atoms with Crippen LogP contribution in [0.15, 0.2) is 127 Å². The molecule has 0 N–H and O–H groups in total. The van der Waals surface area contributed by atoms with Crippen LogP contribution < -0.4 is 4.90 Å². The van der Waals surface area contributed by atoms with Crippen LogP contribution in [0.1, 0.15) is 147 Å². The molecule has 0 aromatic heterocycles. The molecule has 1 nitrogen and oxygen atoms in total. The number of benzene rings is 6. The predicted octanol–water partition coefficient (Wildman–Crippen LogP) is 16.9. The average Bonchev–Trinajstić information content (AvgIpc) is 3.57. The van der Waals surface area contributed by atoms with Gasteiger partial charge in [0.2, 0.25) is 0 Å². The van der Waals surface area contributed by atoms with Gasteiger partial charge in [0.05, 0.1) is 17.1 Å². The SMILES string of the molecule is CC1(C)CCC(C)(C)c2cc(-c3ccccc3N(c3ccccc3-c3ccc4c(c3)C(C)(C)CCC4(C)C)c3cccc4c3-c3ccccc3C43C4CC5CC(C4)CC3C5)ccc21. The van der Waals surface area contributed by atoms with E-state index >= 15 is 0 Å². The molecule has 63 heavy (non-hydrogen) atoms. The van der Waals surface area contributed by atoms with Crippen molar-refractivity contribution in [2.75, 3.05) is 4.90 Å². The molecule has 0 unspecified atom stereocenters. The Hall–Kier alpha value is -4.88. The van der Waals surface area contributed by atoms with Gasteiger partial charge in [0, 0.05) is 22.1 Å². The molecule has 13 rings (SSSR count). The first kappa shape index (κ1) is 39.7. The van der Waals surface area contributed by atoms with E-state index in [4.69, 9.17) is 0 Å². The van der Waals surface area contributed by atoms with Crippen LogP contribution in [0.2, 0.25) is 0 Å². The summed E-state index contributed by atoms with van der Waals surface area (Å²) in [6.07, 6.45) is 11.9. The maximum Gasteiger partial charge on any atom is 0.0543 e. The summed E-state index contributed by atoms with van der Waals surface area (Å²) < 4.78 is 0. The number of hydrogen-bond acceptors (Lipinski definition) is 1. The Morgan fingerprint density at radius 1 is 0.365 bits per heavy atom. The Labute approximate surface area is 378 Å². The fraction of sp³-hybridized carbons (Fsp3) is 0.419. The number of rotatable bonds is 5. The molecule has 6 aromatic rings. The lowest BCUT2D eigenvalue weighted by molar-refractivity contribution is -0.0399. The number of anilines is 3. The van der Waals surface area contributed by atoms with Crippen LogP contribution in [0.4, 0.5) is 17.1 Å². The molecule has 0 radical (unpaired) electrons. The molecular weight excluding hydrogens is 759 g/mol. The van der Waals surface area contributed by atoms with Crippen molar-refractivity contribution in [1.82, 2.24) is 0 Å². The number of fused-ring (bicyclic) bond motifs is 5. The zero-order valence-electron chi connectivity index (χ0n) is 39.2. The smallest absolute Gasteiger partial charge is 0.0543 e. The van der Waals surface area contributed by atoms with E-state index in [0.717, 1.165) is 11.8 Å². The largest absolute Gasteiger partial charge is 0.309 e. The van der Waals surface area contributed by atoms with Gasteiger partial charge >= 0.3 is 0 Å². The first-order valence-electron chi connectivity index (χ1n) is 24.7. The molecule has 1 spiro atoms. The molecule has 0 heterocycles. The Bertz CT molecular complexity index is 2670. The lowest BCUT2D eigenvalue weighted by Gasteiger charge is -2.61. The quantitative estimate of drug-likeness (QED) is 0.167. The Morgan fingerprint density at radius 3 is 1.29 bits per heavy atom. The van der Waals surface area contributed by atoms with Crippen molar-refractivity contribution in [3.8, 4) is 33.4 Å². The highest BCUT2D eigenvalue weighted by Gasteiger charge is 2.62. The lowest BCUT2D eigenvalue weighted by Crippen LogP contribution is -2.55. The monoisotopic (exact) mass is 826 g/mol. The number of nitrogens with zero attached hydrogens (tertiary/aromatic N) is 1. The second-order valence-corrected chi connectivity index (χ2v) is 23.8. The summed E-state index contributed by atoms with van der Waals surface area (Å²) in [5.74, 6) is 3.25. The zero-order valence-corrected chi connectivity index (χ0v) is 39.2. The lowest BCUT2D eigenvalue weighted by atomic mass is 9.43. The van der Waals surface area contributed by atoms with Gasteiger partial charge in [-0.15, -0.1) is 0 Å². The molecule has 6 aromatic carbocycles. The van der Waals surface area contributed by atoms with Crippen LogP contribution in [0.5, 0.6) is 0 Å². The van der Waals surface area contributed by atoms with Gasteiger partial charge in [-0.3, -0.25) is 0 Å². The minimum atomic E-state index is 0.0911. The van der Waals surface area contributed by atoms with Crippen LogP contribution in [0, 0.1) is 23.7 Å². The minimum absolute atomic E-state index is 0.0911. The molecule has 0 atom stereocenters. The molecule has 4 fully saturated rings. The topological polar surface area (TPSA) is 3.24 Å². The van der Waals surface area contributed by atoms with E-state index in [1.54, 1.807) is 11.1 Å². The van der Waals surface area contributed by atoms with E-state index in [-0.39, 0.29) is 27.1 Å². The van der Waals surface area contributed by atoms with Crippen molar-refractivity contribution in [2.24, 2.45) is 23.7 Å². The van der Waals surface area contributed by atoms with Gasteiger partial charge in [-0.1, -0.05) is 165 Å². The van der Waals surface area contributed by atoms with E-state index in [1.165, 1.54) is 130 Å². The van der Waals surface area contributed by atoms with Crippen LogP contribution in [-0.2, 0) is 27.1 Å². The molecule has 7 aliphatic rings. The second-order valence-electron chi connectivity index (χ2n) is 23.8. The maximum absolute atomic E-state index is 2.71. The summed E-state index contributed by atoms with van der Waals surface area (Å²) in [6.45, 7) is 19.6. The number of para-hydroxylation sites is 2. The molecule has 4 saturated carbocycles. The summed E-state index contributed by atoms with van der Waals surface area (Å²) in [5.41, 5.74) is 21.8. The van der Waals surface area contributed by atoms with E-state index in [9.17, 15) is 0 Å². The highest BCUT2D eigenvalue weighted by Crippen LogP contribution is 2.70. The average molecular weight is 826 g/mol. The Morgan fingerprint density at radius 2 is 0.778 bits per heavy atom.